The maximum absolute atomic E-state index is 15.0. The zero-order valence-electron chi connectivity index (χ0n) is 14.7. The summed E-state index contributed by atoms with van der Waals surface area (Å²) < 4.78 is 26.1. The van der Waals surface area contributed by atoms with Crippen LogP contribution in [-0.2, 0) is 0 Å². The van der Waals surface area contributed by atoms with Crippen molar-refractivity contribution in [1.82, 2.24) is 0 Å². The summed E-state index contributed by atoms with van der Waals surface area (Å²) in [6, 6.07) is 16.5. The molecule has 2 nitrogen and oxygen atoms in total. The lowest BCUT2D eigenvalue weighted by Crippen LogP contribution is -1.94. The molecule has 0 saturated carbocycles. The average molecular weight is 348 g/mol. The maximum Gasteiger partial charge on any atom is 0.138 e. The summed E-state index contributed by atoms with van der Waals surface area (Å²) >= 11 is 0. The molecule has 0 atom stereocenters. The van der Waals surface area contributed by atoms with Gasteiger partial charge >= 0.3 is 0 Å². The van der Waals surface area contributed by atoms with Crippen LogP contribution in [0.25, 0.3) is 21.9 Å². The van der Waals surface area contributed by atoms with Crippen molar-refractivity contribution in [3.63, 3.8) is 0 Å². The number of ether oxygens (including phenoxy) is 2. The molecular formula is C23H21FO2. The van der Waals surface area contributed by atoms with Gasteiger partial charge in [0.25, 0.3) is 0 Å². The zero-order chi connectivity index (χ0) is 18.4. The fourth-order valence-corrected chi connectivity index (χ4v) is 2.71. The molecule has 0 aliphatic rings. The van der Waals surface area contributed by atoms with E-state index in [2.05, 4.69) is 6.58 Å². The van der Waals surface area contributed by atoms with E-state index in [1.165, 1.54) is 0 Å². The van der Waals surface area contributed by atoms with E-state index >= 15 is 0 Å². The minimum absolute atomic E-state index is 0.236. The third-order valence-corrected chi connectivity index (χ3v) is 4.04. The molecule has 0 unspecified atom stereocenters. The van der Waals surface area contributed by atoms with Gasteiger partial charge in [0.2, 0.25) is 0 Å². The standard InChI is InChI=1S/C23H21FO2/c1-3-5-15-26-19-9-6-17(7-10-19)21-12-8-18-16-20(25-14-4-2)11-13-22(18)23(21)24/h3-13,16H,2,14-15H2,1H3. The largest absolute Gasteiger partial charge is 0.490 e. The van der Waals surface area contributed by atoms with Gasteiger partial charge in [-0.05, 0) is 48.2 Å². The van der Waals surface area contributed by atoms with E-state index < -0.39 is 0 Å². The Morgan fingerprint density at radius 3 is 2.38 bits per heavy atom. The fourth-order valence-electron chi connectivity index (χ4n) is 2.71. The minimum atomic E-state index is -0.236. The zero-order valence-corrected chi connectivity index (χ0v) is 14.7. The van der Waals surface area contributed by atoms with Gasteiger partial charge in [-0.3, -0.25) is 0 Å². The lowest BCUT2D eigenvalue weighted by molar-refractivity contribution is 0.363. The highest BCUT2D eigenvalue weighted by Gasteiger charge is 2.10. The van der Waals surface area contributed by atoms with Crippen LogP contribution in [0.4, 0.5) is 4.39 Å². The van der Waals surface area contributed by atoms with Gasteiger partial charge in [0.05, 0.1) is 0 Å². The minimum Gasteiger partial charge on any atom is -0.490 e. The highest BCUT2D eigenvalue weighted by molar-refractivity contribution is 5.89. The van der Waals surface area contributed by atoms with Gasteiger partial charge < -0.3 is 9.47 Å². The summed E-state index contributed by atoms with van der Waals surface area (Å²) in [5, 5.41) is 1.38. The van der Waals surface area contributed by atoms with E-state index in [1.807, 2.05) is 55.5 Å². The van der Waals surface area contributed by atoms with Crippen molar-refractivity contribution in [1.29, 1.82) is 0 Å². The first-order chi connectivity index (χ1) is 12.7. The van der Waals surface area contributed by atoms with Gasteiger partial charge in [-0.1, -0.05) is 49.1 Å². The van der Waals surface area contributed by atoms with Gasteiger partial charge in [0.1, 0.15) is 30.5 Å². The van der Waals surface area contributed by atoms with Crippen molar-refractivity contribution in [2.45, 2.75) is 6.92 Å². The SMILES string of the molecule is C=CCOc1ccc2c(F)c(-c3ccc(OCC=CC)cc3)ccc2c1. The number of allylic oxidation sites excluding steroid dienone is 1. The van der Waals surface area contributed by atoms with E-state index in [9.17, 15) is 4.39 Å². The Hall–Kier alpha value is -3.07. The number of rotatable bonds is 7. The molecule has 0 radical (unpaired) electrons. The Kier molecular flexibility index (Phi) is 5.69. The first-order valence-corrected chi connectivity index (χ1v) is 8.53. The monoisotopic (exact) mass is 348 g/mol. The molecule has 3 heteroatoms. The van der Waals surface area contributed by atoms with Crippen LogP contribution in [0.15, 0.2) is 79.4 Å². The molecule has 3 aromatic carbocycles. The molecule has 0 heterocycles. The second kappa shape index (κ2) is 8.34. The van der Waals surface area contributed by atoms with Crippen molar-refractivity contribution >= 4 is 10.8 Å². The third-order valence-electron chi connectivity index (χ3n) is 4.04. The molecule has 0 spiro atoms. The van der Waals surface area contributed by atoms with Crippen molar-refractivity contribution in [2.75, 3.05) is 13.2 Å². The summed E-state index contributed by atoms with van der Waals surface area (Å²) in [7, 11) is 0. The Balaban J connectivity index is 1.88. The first-order valence-electron chi connectivity index (χ1n) is 8.53. The second-order valence-electron chi connectivity index (χ2n) is 5.81. The molecule has 0 N–H and O–H groups in total. The van der Waals surface area contributed by atoms with Crippen LogP contribution in [0.2, 0.25) is 0 Å². The van der Waals surface area contributed by atoms with Gasteiger partial charge in [0.15, 0.2) is 0 Å². The van der Waals surface area contributed by atoms with Crippen LogP contribution in [0.3, 0.4) is 0 Å². The van der Waals surface area contributed by atoms with Crippen LogP contribution in [0.1, 0.15) is 6.92 Å². The van der Waals surface area contributed by atoms with Crippen molar-refractivity contribution in [3.8, 4) is 22.6 Å². The Labute approximate surface area is 153 Å². The van der Waals surface area contributed by atoms with E-state index in [0.29, 0.717) is 29.9 Å². The number of hydrogen-bond donors (Lipinski definition) is 0. The Bertz CT molecular complexity index is 927. The summed E-state index contributed by atoms with van der Waals surface area (Å²) in [4.78, 5) is 0. The summed E-state index contributed by atoms with van der Waals surface area (Å²) in [6.45, 7) is 6.52. The molecular weight excluding hydrogens is 327 g/mol. The number of halogens is 1. The molecule has 0 bridgehead atoms. The predicted octanol–water partition coefficient (Wildman–Crippen LogP) is 6.17. The van der Waals surface area contributed by atoms with E-state index in [-0.39, 0.29) is 5.82 Å². The first kappa shape index (κ1) is 17.7. The van der Waals surface area contributed by atoms with Crippen molar-refractivity contribution in [3.05, 3.63) is 85.2 Å². The van der Waals surface area contributed by atoms with Crippen LogP contribution in [0.5, 0.6) is 11.5 Å². The maximum atomic E-state index is 15.0. The quantitative estimate of drug-likeness (QED) is 0.476. The van der Waals surface area contributed by atoms with Crippen molar-refractivity contribution in [2.24, 2.45) is 0 Å². The smallest absolute Gasteiger partial charge is 0.138 e. The Morgan fingerprint density at radius 1 is 0.923 bits per heavy atom. The normalized spacial score (nSPS) is 11.0. The number of hydrogen-bond acceptors (Lipinski definition) is 2. The molecule has 0 amide bonds. The molecule has 0 saturated heterocycles. The second-order valence-corrected chi connectivity index (χ2v) is 5.81. The van der Waals surface area contributed by atoms with Crippen LogP contribution in [0, 0.1) is 5.82 Å². The van der Waals surface area contributed by atoms with E-state index in [4.69, 9.17) is 9.47 Å². The van der Waals surface area contributed by atoms with Gasteiger partial charge in [-0.15, -0.1) is 0 Å². The van der Waals surface area contributed by atoms with Gasteiger partial charge in [0, 0.05) is 10.9 Å². The predicted molar refractivity (Wildman–Crippen MR) is 105 cm³/mol. The summed E-state index contributed by atoms with van der Waals surface area (Å²) in [5.41, 5.74) is 1.38. The lowest BCUT2D eigenvalue weighted by atomic mass is 10.00. The molecule has 0 aliphatic heterocycles. The molecule has 132 valence electrons. The van der Waals surface area contributed by atoms with Gasteiger partial charge in [-0.25, -0.2) is 4.39 Å². The molecule has 3 rings (SSSR count). The third kappa shape index (κ3) is 3.94. The summed E-state index contributed by atoms with van der Waals surface area (Å²) in [5.74, 6) is 1.23. The summed E-state index contributed by atoms with van der Waals surface area (Å²) in [6.07, 6.45) is 5.55. The molecule has 26 heavy (non-hydrogen) atoms. The van der Waals surface area contributed by atoms with Crippen LogP contribution >= 0.6 is 0 Å². The molecule has 0 aliphatic carbocycles. The van der Waals surface area contributed by atoms with E-state index in [1.54, 1.807) is 24.3 Å². The molecule has 0 fully saturated rings. The Morgan fingerprint density at radius 2 is 1.65 bits per heavy atom. The molecule has 0 aromatic heterocycles. The molecule has 3 aromatic rings. The van der Waals surface area contributed by atoms with Crippen LogP contribution in [-0.4, -0.2) is 13.2 Å². The average Bonchev–Trinajstić information content (AvgIpc) is 2.67. The van der Waals surface area contributed by atoms with E-state index in [0.717, 1.165) is 16.7 Å². The highest BCUT2D eigenvalue weighted by Crippen LogP contribution is 2.31. The fraction of sp³-hybridized carbons (Fsp3) is 0.130. The topological polar surface area (TPSA) is 18.5 Å². The van der Waals surface area contributed by atoms with Crippen LogP contribution < -0.4 is 9.47 Å². The number of fused-ring (bicyclic) bond motifs is 1. The van der Waals surface area contributed by atoms with Gasteiger partial charge in [-0.2, -0.15) is 0 Å². The highest BCUT2D eigenvalue weighted by atomic mass is 19.1. The van der Waals surface area contributed by atoms with Crippen molar-refractivity contribution < 1.29 is 13.9 Å². The number of benzene rings is 3. The lowest BCUT2D eigenvalue weighted by Gasteiger charge is -2.10.